The number of rotatable bonds is 10. The fourth-order valence-electron chi connectivity index (χ4n) is 4.52. The van der Waals surface area contributed by atoms with Crippen molar-refractivity contribution in [3.63, 3.8) is 0 Å². The van der Waals surface area contributed by atoms with Gasteiger partial charge in [-0.05, 0) is 42.9 Å². The fourth-order valence-corrected chi connectivity index (χ4v) is 4.74. The zero-order valence-electron chi connectivity index (χ0n) is 20.7. The van der Waals surface area contributed by atoms with Crippen LogP contribution in [0, 0.1) is 0 Å². The summed E-state index contributed by atoms with van der Waals surface area (Å²) in [7, 11) is 3.04. The predicted molar refractivity (Wildman–Crippen MR) is 137 cm³/mol. The quantitative estimate of drug-likeness (QED) is 0.381. The Morgan fingerprint density at radius 2 is 1.81 bits per heavy atom. The number of Topliss-reactive ketones (excluding diaryl/α,β-unsaturated/α-hetero) is 1. The molecule has 3 aromatic rings. The second-order valence-corrected chi connectivity index (χ2v) is 8.87. The van der Waals surface area contributed by atoms with Crippen molar-refractivity contribution in [2.24, 2.45) is 0 Å². The van der Waals surface area contributed by atoms with Crippen LogP contribution in [-0.2, 0) is 4.79 Å². The molecular formula is C27H29ClN2O6. The highest BCUT2D eigenvalue weighted by Gasteiger charge is 2.44. The molecule has 1 aliphatic rings. The molecule has 1 N–H and O–H groups in total. The van der Waals surface area contributed by atoms with Crippen LogP contribution >= 0.6 is 11.6 Å². The number of amides is 1. The third kappa shape index (κ3) is 4.66. The van der Waals surface area contributed by atoms with Crippen LogP contribution in [0.3, 0.4) is 0 Å². The van der Waals surface area contributed by atoms with E-state index in [1.807, 2.05) is 13.8 Å². The van der Waals surface area contributed by atoms with Crippen LogP contribution in [0.4, 0.5) is 0 Å². The van der Waals surface area contributed by atoms with Gasteiger partial charge in [-0.15, -0.1) is 0 Å². The number of aliphatic hydroxyl groups is 1. The molecule has 0 saturated carbocycles. The van der Waals surface area contributed by atoms with Crippen LogP contribution in [0.5, 0.6) is 11.5 Å². The van der Waals surface area contributed by atoms with Crippen LogP contribution in [0.25, 0.3) is 11.0 Å². The summed E-state index contributed by atoms with van der Waals surface area (Å²) in [4.78, 5) is 30.7. The zero-order valence-corrected chi connectivity index (χ0v) is 21.5. The number of hydrogen-bond acceptors (Lipinski definition) is 7. The van der Waals surface area contributed by atoms with Crippen molar-refractivity contribution in [1.29, 1.82) is 0 Å². The molecule has 0 spiro atoms. The average molecular weight is 513 g/mol. The largest absolute Gasteiger partial charge is 0.503 e. The highest BCUT2D eigenvalue weighted by molar-refractivity contribution is 6.31. The molecule has 0 saturated heterocycles. The number of furan rings is 1. The highest BCUT2D eigenvalue weighted by Crippen LogP contribution is 2.41. The second-order valence-electron chi connectivity index (χ2n) is 8.43. The molecule has 4 rings (SSSR count). The third-order valence-corrected chi connectivity index (χ3v) is 6.74. The molecule has 190 valence electrons. The molecule has 1 amide bonds. The first-order valence-corrected chi connectivity index (χ1v) is 12.1. The van der Waals surface area contributed by atoms with Gasteiger partial charge in [-0.1, -0.05) is 37.6 Å². The molecule has 0 aliphatic carbocycles. The first-order chi connectivity index (χ1) is 17.3. The van der Waals surface area contributed by atoms with E-state index in [2.05, 4.69) is 4.90 Å². The van der Waals surface area contributed by atoms with Gasteiger partial charge in [0.1, 0.15) is 5.75 Å². The number of hydrogen-bond donors (Lipinski definition) is 1. The van der Waals surface area contributed by atoms with Gasteiger partial charge in [-0.25, -0.2) is 0 Å². The van der Waals surface area contributed by atoms with E-state index in [-0.39, 0.29) is 11.3 Å². The maximum Gasteiger partial charge on any atom is 0.290 e. The second kappa shape index (κ2) is 10.6. The smallest absolute Gasteiger partial charge is 0.290 e. The molecular weight excluding hydrogens is 484 g/mol. The van der Waals surface area contributed by atoms with E-state index in [1.165, 1.54) is 12.0 Å². The van der Waals surface area contributed by atoms with Crippen LogP contribution in [0.2, 0.25) is 5.02 Å². The Morgan fingerprint density at radius 3 is 2.42 bits per heavy atom. The number of methoxy groups -OCH3 is 2. The van der Waals surface area contributed by atoms with Gasteiger partial charge in [0.15, 0.2) is 22.9 Å². The number of nitrogens with zero attached hydrogens (tertiary/aromatic N) is 2. The van der Waals surface area contributed by atoms with Gasteiger partial charge >= 0.3 is 0 Å². The molecule has 0 radical (unpaired) electrons. The fraction of sp³-hybridized carbons (Fsp3) is 0.333. The number of halogens is 1. The lowest BCUT2D eigenvalue weighted by Crippen LogP contribution is -2.38. The highest BCUT2D eigenvalue weighted by atomic mass is 35.5. The van der Waals surface area contributed by atoms with Gasteiger partial charge in [0.05, 0.1) is 25.8 Å². The monoisotopic (exact) mass is 512 g/mol. The summed E-state index contributed by atoms with van der Waals surface area (Å²) >= 11 is 6.17. The Bertz CT molecular complexity index is 1310. The number of benzene rings is 2. The summed E-state index contributed by atoms with van der Waals surface area (Å²) in [5.74, 6) is -0.760. The molecule has 1 atom stereocenters. The van der Waals surface area contributed by atoms with E-state index in [9.17, 15) is 14.7 Å². The number of carbonyl (C=O) groups is 2. The first kappa shape index (κ1) is 25.6. The molecule has 0 bridgehead atoms. The molecule has 1 aliphatic heterocycles. The van der Waals surface area contributed by atoms with Gasteiger partial charge in [0, 0.05) is 29.6 Å². The number of aliphatic hydroxyl groups excluding tert-OH is 1. The molecule has 9 heteroatoms. The number of ether oxygens (including phenoxy) is 2. The molecule has 0 fully saturated rings. The van der Waals surface area contributed by atoms with Crippen LogP contribution < -0.4 is 9.47 Å². The minimum absolute atomic E-state index is 0.0241. The lowest BCUT2D eigenvalue weighted by atomic mass is 9.95. The van der Waals surface area contributed by atoms with Gasteiger partial charge in [-0.2, -0.15) is 0 Å². The van der Waals surface area contributed by atoms with E-state index >= 15 is 0 Å². The summed E-state index contributed by atoms with van der Waals surface area (Å²) < 4.78 is 16.5. The summed E-state index contributed by atoms with van der Waals surface area (Å²) in [6.45, 7) is 6.66. The summed E-state index contributed by atoms with van der Waals surface area (Å²) in [5.41, 5.74) is 0.996. The van der Waals surface area contributed by atoms with E-state index < -0.39 is 23.5 Å². The number of fused-ring (bicyclic) bond motifs is 1. The van der Waals surface area contributed by atoms with Crippen LogP contribution in [0.15, 0.2) is 58.2 Å². The molecule has 1 aromatic heterocycles. The topological polar surface area (TPSA) is 92.5 Å². The van der Waals surface area contributed by atoms with Crippen LogP contribution in [0.1, 0.15) is 36.0 Å². The van der Waals surface area contributed by atoms with Crippen molar-refractivity contribution in [1.82, 2.24) is 9.80 Å². The maximum atomic E-state index is 13.8. The molecule has 1 unspecified atom stereocenters. The number of ketones is 1. The SMILES string of the molecule is CCN(CC)CCN1C(=O)C(O)=C(C(=O)c2cc3cc(Cl)cc(OC)c3o2)C1c1ccc(OC)cc1. The lowest BCUT2D eigenvalue weighted by molar-refractivity contribution is -0.129. The zero-order chi connectivity index (χ0) is 26.0. The van der Waals surface area contributed by atoms with E-state index in [0.717, 1.165) is 13.1 Å². The third-order valence-electron chi connectivity index (χ3n) is 6.52. The molecule has 8 nitrogen and oxygen atoms in total. The Hall–Kier alpha value is -3.49. The van der Waals surface area contributed by atoms with Gasteiger partial charge in [0.25, 0.3) is 5.91 Å². The summed E-state index contributed by atoms with van der Waals surface area (Å²) in [6.07, 6.45) is 0. The Morgan fingerprint density at radius 1 is 1.11 bits per heavy atom. The van der Waals surface area contributed by atoms with Crippen molar-refractivity contribution >= 4 is 34.3 Å². The van der Waals surface area contributed by atoms with Crippen molar-refractivity contribution in [3.05, 3.63) is 70.1 Å². The lowest BCUT2D eigenvalue weighted by Gasteiger charge is -2.29. The molecule has 2 aromatic carbocycles. The van der Waals surface area contributed by atoms with Gasteiger partial charge in [-0.3, -0.25) is 9.59 Å². The standard InChI is InChI=1S/C27H29ClN2O6/c1-5-29(6-2)11-12-30-23(16-7-9-19(34-3)10-8-16)22(25(32)27(30)33)24(31)20-14-17-13-18(28)15-21(35-4)26(17)36-20/h7-10,13-15,23,32H,5-6,11-12H2,1-4H3. The number of carbonyl (C=O) groups excluding carboxylic acids is 2. The van der Waals surface area contributed by atoms with Crippen LogP contribution in [-0.4, -0.2) is 67.0 Å². The normalized spacial score (nSPS) is 15.9. The van der Waals surface area contributed by atoms with E-state index in [0.29, 0.717) is 46.1 Å². The summed E-state index contributed by atoms with van der Waals surface area (Å²) in [6, 6.07) is 11.1. The minimum Gasteiger partial charge on any atom is -0.503 e. The van der Waals surface area contributed by atoms with Gasteiger partial charge in [0.2, 0.25) is 5.78 Å². The Labute approximate surface area is 214 Å². The van der Waals surface area contributed by atoms with Crippen molar-refractivity contribution in [2.75, 3.05) is 40.4 Å². The summed E-state index contributed by atoms with van der Waals surface area (Å²) in [5, 5.41) is 11.9. The van der Waals surface area contributed by atoms with Crippen molar-refractivity contribution in [2.45, 2.75) is 19.9 Å². The Balaban J connectivity index is 1.77. The minimum atomic E-state index is -0.787. The number of likely N-dealkylation sites (N-methyl/N-ethyl adjacent to an activating group) is 1. The maximum absolute atomic E-state index is 13.8. The predicted octanol–water partition coefficient (Wildman–Crippen LogP) is 5.02. The Kier molecular flexibility index (Phi) is 7.56. The van der Waals surface area contributed by atoms with Crippen molar-refractivity contribution in [3.8, 4) is 11.5 Å². The molecule has 2 heterocycles. The van der Waals surface area contributed by atoms with Gasteiger partial charge < -0.3 is 28.8 Å². The molecule has 36 heavy (non-hydrogen) atoms. The average Bonchev–Trinajstić information content (AvgIpc) is 3.43. The van der Waals surface area contributed by atoms with E-state index in [4.69, 9.17) is 25.5 Å². The van der Waals surface area contributed by atoms with E-state index in [1.54, 1.807) is 49.6 Å². The first-order valence-electron chi connectivity index (χ1n) is 11.7. The van der Waals surface area contributed by atoms with Crippen molar-refractivity contribution < 1.29 is 28.6 Å².